The molecule has 1 fully saturated rings. The fraction of sp³-hybridized carbons (Fsp3) is 0.684. The minimum Gasteiger partial charge on any atom is -0.393 e. The van der Waals surface area contributed by atoms with E-state index in [0.717, 1.165) is 32.1 Å². The van der Waals surface area contributed by atoms with Gasteiger partial charge in [0.05, 0.1) is 12.1 Å². The van der Waals surface area contributed by atoms with Crippen LogP contribution in [0.2, 0.25) is 0 Å². The maximum Gasteiger partial charge on any atom is 0.0577 e. The number of hydrogen-bond donors (Lipinski definition) is 2. The summed E-state index contributed by atoms with van der Waals surface area (Å²) < 4.78 is 0. The molecule has 0 saturated heterocycles. The lowest BCUT2D eigenvalue weighted by Gasteiger charge is -2.32. The first kappa shape index (κ1) is 18.8. The maximum atomic E-state index is 9.99. The van der Waals surface area contributed by atoms with E-state index in [-0.39, 0.29) is 12.1 Å². The molecular weight excluding hydrogens is 272 g/mol. The Hall–Kier alpha value is -1.22. The monoisotopic (exact) mass is 304 g/mol. The molecule has 0 aromatic heterocycles. The van der Waals surface area contributed by atoms with Gasteiger partial charge in [0, 0.05) is 18.3 Å². The van der Waals surface area contributed by atoms with E-state index in [0.29, 0.717) is 17.8 Å². The number of nitrogens with zero attached hydrogens (tertiary/aromatic N) is 1. The molecule has 0 amide bonds. The number of aliphatic imine (C=N–C) groups is 1. The second kappa shape index (κ2) is 9.73. The first-order valence-corrected chi connectivity index (χ1v) is 8.49. The highest BCUT2D eigenvalue weighted by Gasteiger charge is 2.28. The van der Waals surface area contributed by atoms with Crippen LogP contribution in [0.25, 0.3) is 0 Å². The molecule has 124 valence electrons. The molecule has 3 heteroatoms. The van der Waals surface area contributed by atoms with Gasteiger partial charge in [-0.2, -0.15) is 0 Å². The summed E-state index contributed by atoms with van der Waals surface area (Å²) in [6.07, 6.45) is 11.7. The summed E-state index contributed by atoms with van der Waals surface area (Å²) in [5.74, 6) is 1.65. The van der Waals surface area contributed by atoms with Gasteiger partial charge in [0.2, 0.25) is 0 Å². The largest absolute Gasteiger partial charge is 0.393 e. The van der Waals surface area contributed by atoms with Gasteiger partial charge in [-0.15, -0.1) is 6.58 Å². The third-order valence-electron chi connectivity index (χ3n) is 5.00. The van der Waals surface area contributed by atoms with Crippen LogP contribution in [0.15, 0.2) is 29.3 Å². The van der Waals surface area contributed by atoms with Crippen LogP contribution in [0.4, 0.5) is 0 Å². The summed E-state index contributed by atoms with van der Waals surface area (Å²) in [7, 11) is 0. The van der Waals surface area contributed by atoms with Crippen molar-refractivity contribution in [2.24, 2.45) is 22.7 Å². The van der Waals surface area contributed by atoms with Crippen LogP contribution in [0.1, 0.15) is 52.9 Å². The fourth-order valence-electron chi connectivity index (χ4n) is 3.22. The first-order valence-electron chi connectivity index (χ1n) is 8.49. The van der Waals surface area contributed by atoms with Crippen molar-refractivity contribution < 1.29 is 5.11 Å². The van der Waals surface area contributed by atoms with E-state index < -0.39 is 0 Å². The second-order valence-corrected chi connectivity index (χ2v) is 6.74. The number of nitrogens with one attached hydrogen (secondary N) is 1. The van der Waals surface area contributed by atoms with Gasteiger partial charge in [0.15, 0.2) is 0 Å². The fourth-order valence-corrected chi connectivity index (χ4v) is 3.22. The number of rotatable bonds is 8. The summed E-state index contributed by atoms with van der Waals surface area (Å²) in [5, 5.41) is 17.1. The second-order valence-electron chi connectivity index (χ2n) is 6.74. The summed E-state index contributed by atoms with van der Waals surface area (Å²) in [6, 6.07) is 0.182. The molecule has 0 aliphatic heterocycles. The molecule has 0 aromatic rings. The van der Waals surface area contributed by atoms with Gasteiger partial charge in [-0.05, 0) is 50.9 Å². The normalized spacial score (nSPS) is 28.5. The third kappa shape index (κ3) is 5.88. The summed E-state index contributed by atoms with van der Waals surface area (Å²) in [6.45, 7) is 10.5. The van der Waals surface area contributed by atoms with E-state index >= 15 is 0 Å². The number of aliphatic hydroxyl groups excluding tert-OH is 1. The van der Waals surface area contributed by atoms with Gasteiger partial charge in [0.1, 0.15) is 0 Å². The van der Waals surface area contributed by atoms with Crippen molar-refractivity contribution in [3.8, 4) is 0 Å². The molecule has 3 nitrogen and oxygen atoms in total. The molecule has 0 spiro atoms. The van der Waals surface area contributed by atoms with Crippen molar-refractivity contribution in [3.05, 3.63) is 24.3 Å². The predicted octanol–water partition coefficient (Wildman–Crippen LogP) is 4.42. The topological polar surface area (TPSA) is 56.4 Å². The van der Waals surface area contributed by atoms with E-state index in [4.69, 9.17) is 5.41 Å². The SMILES string of the molecule is C=CCC(C)C(C)C/C=C1/C[C@@H](O)CC[C@@H]1C(C)N=CC=N. The van der Waals surface area contributed by atoms with Gasteiger partial charge < -0.3 is 10.5 Å². The molecule has 5 atom stereocenters. The molecule has 22 heavy (non-hydrogen) atoms. The van der Waals surface area contributed by atoms with Crippen LogP contribution < -0.4 is 0 Å². The van der Waals surface area contributed by atoms with Crippen LogP contribution in [-0.4, -0.2) is 29.7 Å². The van der Waals surface area contributed by atoms with Gasteiger partial charge in [-0.1, -0.05) is 31.6 Å². The number of aliphatic hydroxyl groups is 1. The average Bonchev–Trinajstić information content (AvgIpc) is 2.50. The van der Waals surface area contributed by atoms with E-state index in [1.165, 1.54) is 11.8 Å². The van der Waals surface area contributed by atoms with E-state index in [9.17, 15) is 5.11 Å². The molecule has 1 rings (SSSR count). The van der Waals surface area contributed by atoms with Gasteiger partial charge >= 0.3 is 0 Å². The van der Waals surface area contributed by atoms with Gasteiger partial charge in [0.25, 0.3) is 0 Å². The molecule has 0 bridgehead atoms. The third-order valence-corrected chi connectivity index (χ3v) is 5.00. The molecule has 3 unspecified atom stereocenters. The molecule has 1 aliphatic carbocycles. The highest BCUT2D eigenvalue weighted by Crippen LogP contribution is 2.34. The smallest absolute Gasteiger partial charge is 0.0577 e. The Morgan fingerprint density at radius 1 is 1.27 bits per heavy atom. The summed E-state index contributed by atoms with van der Waals surface area (Å²) in [4.78, 5) is 4.43. The molecule has 2 N–H and O–H groups in total. The standard InChI is InChI=1S/C19H32N2O/c1-5-6-14(2)15(3)7-8-17-13-18(22)9-10-19(17)16(4)21-12-11-20/h5,8,11-12,14-16,18-20,22H,1,6-7,9-10,13H2,2-4H3/b17-8-,20-11?,21-12?/t14?,15?,16?,18-,19+/m0/s1. The quantitative estimate of drug-likeness (QED) is 0.506. The highest BCUT2D eigenvalue weighted by molar-refractivity contribution is 6.14. The lowest BCUT2D eigenvalue weighted by molar-refractivity contribution is 0.132. The van der Waals surface area contributed by atoms with Gasteiger partial charge in [-0.3, -0.25) is 4.99 Å². The lowest BCUT2D eigenvalue weighted by atomic mass is 9.77. The lowest BCUT2D eigenvalue weighted by Crippen LogP contribution is -2.27. The first-order chi connectivity index (χ1) is 10.5. The van der Waals surface area contributed by atoms with Crippen molar-refractivity contribution in [1.82, 2.24) is 0 Å². The predicted molar refractivity (Wildman–Crippen MR) is 95.9 cm³/mol. The van der Waals surface area contributed by atoms with Crippen LogP contribution in [0, 0.1) is 23.2 Å². The number of allylic oxidation sites excluding steroid dienone is 2. The Kier molecular flexibility index (Phi) is 8.32. The van der Waals surface area contributed by atoms with E-state index in [2.05, 4.69) is 38.4 Å². The summed E-state index contributed by atoms with van der Waals surface area (Å²) >= 11 is 0. The maximum absolute atomic E-state index is 9.99. The van der Waals surface area contributed by atoms with Crippen molar-refractivity contribution in [2.45, 2.75) is 65.0 Å². The van der Waals surface area contributed by atoms with Crippen LogP contribution in [-0.2, 0) is 0 Å². The summed E-state index contributed by atoms with van der Waals surface area (Å²) in [5.41, 5.74) is 1.35. The van der Waals surface area contributed by atoms with E-state index in [1.54, 1.807) is 6.21 Å². The minimum absolute atomic E-state index is 0.182. The average molecular weight is 304 g/mol. The molecule has 0 aromatic carbocycles. The van der Waals surface area contributed by atoms with Crippen molar-refractivity contribution >= 4 is 12.4 Å². The van der Waals surface area contributed by atoms with Crippen LogP contribution in [0.3, 0.4) is 0 Å². The molecule has 1 saturated carbocycles. The number of hydrogen-bond acceptors (Lipinski definition) is 3. The molecular formula is C19H32N2O. The van der Waals surface area contributed by atoms with Crippen molar-refractivity contribution in [2.75, 3.05) is 0 Å². The van der Waals surface area contributed by atoms with Crippen LogP contribution >= 0.6 is 0 Å². The Labute approximate surface area is 135 Å². The van der Waals surface area contributed by atoms with Crippen LogP contribution in [0.5, 0.6) is 0 Å². The van der Waals surface area contributed by atoms with Crippen molar-refractivity contribution in [1.29, 1.82) is 5.41 Å². The molecule has 1 aliphatic rings. The van der Waals surface area contributed by atoms with Crippen molar-refractivity contribution in [3.63, 3.8) is 0 Å². The minimum atomic E-state index is -0.206. The Morgan fingerprint density at radius 2 is 1.95 bits per heavy atom. The Bertz CT molecular complexity index is 414. The molecule has 0 heterocycles. The van der Waals surface area contributed by atoms with E-state index in [1.807, 2.05) is 6.08 Å². The Morgan fingerprint density at radius 3 is 2.59 bits per heavy atom. The Balaban J connectivity index is 2.75. The zero-order chi connectivity index (χ0) is 16.5. The van der Waals surface area contributed by atoms with Gasteiger partial charge in [-0.25, -0.2) is 0 Å². The zero-order valence-electron chi connectivity index (χ0n) is 14.3. The highest BCUT2D eigenvalue weighted by atomic mass is 16.3. The molecule has 0 radical (unpaired) electrons. The zero-order valence-corrected chi connectivity index (χ0v) is 14.3.